The number of fused-ring (bicyclic) bond motifs is 1. The molecular weight excluding hydrogens is 258 g/mol. The van der Waals surface area contributed by atoms with E-state index in [-0.39, 0.29) is 0 Å². The minimum Gasteiger partial charge on any atom is -0.328 e. The number of aryl methyl sites for hydroxylation is 1. The first kappa shape index (κ1) is 14.6. The zero-order chi connectivity index (χ0) is 14.7. The summed E-state index contributed by atoms with van der Waals surface area (Å²) in [6, 6.07) is 9.13. The lowest BCUT2D eigenvalue weighted by Crippen LogP contribution is -2.39. The van der Waals surface area contributed by atoms with Crippen molar-refractivity contribution in [1.29, 1.82) is 0 Å². The molecule has 1 aliphatic heterocycles. The zero-order valence-electron chi connectivity index (χ0n) is 13.3. The van der Waals surface area contributed by atoms with Crippen LogP contribution in [0.1, 0.15) is 45.4 Å². The second-order valence-corrected chi connectivity index (χ2v) is 6.32. The maximum absolute atomic E-state index is 4.90. The molecule has 1 aromatic heterocycles. The number of hydrogen-bond acceptors (Lipinski definition) is 2. The van der Waals surface area contributed by atoms with Crippen molar-refractivity contribution in [3.05, 3.63) is 30.1 Å². The van der Waals surface area contributed by atoms with Crippen molar-refractivity contribution < 1.29 is 0 Å². The van der Waals surface area contributed by atoms with Crippen LogP contribution in [0.15, 0.2) is 24.3 Å². The standard InChI is InChI=1S/C18H27N3/c1-3-11-21-17-8-6-5-7-16(17)20-18(21)13-15-12-14(4-2)9-10-19-15/h5-8,14-15,19H,3-4,9-13H2,1-2H3. The molecule has 1 saturated heterocycles. The lowest BCUT2D eigenvalue weighted by molar-refractivity contribution is 0.290. The Morgan fingerprint density at radius 1 is 1.29 bits per heavy atom. The van der Waals surface area contributed by atoms with Gasteiger partial charge in [0.25, 0.3) is 0 Å². The van der Waals surface area contributed by atoms with Gasteiger partial charge < -0.3 is 9.88 Å². The van der Waals surface area contributed by atoms with Gasteiger partial charge in [-0.25, -0.2) is 4.98 Å². The predicted octanol–water partition coefficient (Wildman–Crippen LogP) is 3.77. The van der Waals surface area contributed by atoms with Gasteiger partial charge in [0.2, 0.25) is 0 Å². The Labute approximate surface area is 127 Å². The number of nitrogens with zero attached hydrogens (tertiary/aromatic N) is 2. The summed E-state index contributed by atoms with van der Waals surface area (Å²) in [7, 11) is 0. The maximum atomic E-state index is 4.90. The minimum absolute atomic E-state index is 0.594. The van der Waals surface area contributed by atoms with Gasteiger partial charge in [-0.2, -0.15) is 0 Å². The lowest BCUT2D eigenvalue weighted by Gasteiger charge is -2.29. The molecule has 2 heterocycles. The summed E-state index contributed by atoms with van der Waals surface area (Å²) in [6.45, 7) is 6.79. The number of para-hydroxylation sites is 2. The highest BCUT2D eigenvalue weighted by Gasteiger charge is 2.22. The Morgan fingerprint density at radius 3 is 2.95 bits per heavy atom. The molecule has 2 unspecified atom stereocenters. The highest BCUT2D eigenvalue weighted by Crippen LogP contribution is 2.23. The number of aromatic nitrogens is 2. The molecule has 1 fully saturated rings. The molecule has 1 aliphatic rings. The van der Waals surface area contributed by atoms with E-state index in [1.807, 2.05) is 0 Å². The van der Waals surface area contributed by atoms with Gasteiger partial charge in [-0.1, -0.05) is 32.4 Å². The molecule has 1 aromatic carbocycles. The topological polar surface area (TPSA) is 29.9 Å². The van der Waals surface area contributed by atoms with E-state index in [0.29, 0.717) is 6.04 Å². The third-order valence-corrected chi connectivity index (χ3v) is 4.79. The van der Waals surface area contributed by atoms with Gasteiger partial charge in [0.05, 0.1) is 11.0 Å². The fraction of sp³-hybridized carbons (Fsp3) is 0.611. The first-order valence-corrected chi connectivity index (χ1v) is 8.49. The summed E-state index contributed by atoms with van der Waals surface area (Å²) in [5, 5.41) is 3.69. The average Bonchev–Trinajstić information content (AvgIpc) is 2.86. The molecule has 2 atom stereocenters. The Kier molecular flexibility index (Phi) is 4.59. The van der Waals surface area contributed by atoms with Crippen molar-refractivity contribution in [2.24, 2.45) is 5.92 Å². The molecule has 114 valence electrons. The molecule has 0 bridgehead atoms. The SMILES string of the molecule is CCCn1c(CC2CC(CC)CCN2)nc2ccccc21. The first-order chi connectivity index (χ1) is 10.3. The van der Waals surface area contributed by atoms with E-state index in [1.165, 1.54) is 30.6 Å². The summed E-state index contributed by atoms with van der Waals surface area (Å²) >= 11 is 0. The van der Waals surface area contributed by atoms with Crippen LogP contribution in [0, 0.1) is 5.92 Å². The molecule has 0 radical (unpaired) electrons. The molecule has 0 spiro atoms. The van der Waals surface area contributed by atoms with Gasteiger partial charge in [-0.05, 0) is 43.9 Å². The normalized spacial score (nSPS) is 22.8. The summed E-state index contributed by atoms with van der Waals surface area (Å²) in [4.78, 5) is 4.90. The number of imidazole rings is 1. The van der Waals surface area contributed by atoms with Gasteiger partial charge in [-0.15, -0.1) is 0 Å². The lowest BCUT2D eigenvalue weighted by atomic mass is 9.89. The van der Waals surface area contributed by atoms with Crippen LogP contribution in [0.5, 0.6) is 0 Å². The van der Waals surface area contributed by atoms with Crippen molar-refractivity contribution in [2.45, 2.75) is 58.5 Å². The number of hydrogen-bond donors (Lipinski definition) is 1. The summed E-state index contributed by atoms with van der Waals surface area (Å²) in [6.07, 6.45) is 6.15. The number of benzene rings is 1. The Hall–Kier alpha value is -1.35. The van der Waals surface area contributed by atoms with E-state index < -0.39 is 0 Å². The van der Waals surface area contributed by atoms with Gasteiger partial charge in [0.1, 0.15) is 5.82 Å². The molecular formula is C18H27N3. The molecule has 3 heteroatoms. The highest BCUT2D eigenvalue weighted by molar-refractivity contribution is 5.75. The van der Waals surface area contributed by atoms with Crippen molar-refractivity contribution >= 4 is 11.0 Å². The average molecular weight is 285 g/mol. The van der Waals surface area contributed by atoms with E-state index >= 15 is 0 Å². The molecule has 3 nitrogen and oxygen atoms in total. The maximum Gasteiger partial charge on any atom is 0.111 e. The van der Waals surface area contributed by atoms with Crippen LogP contribution >= 0.6 is 0 Å². The Bertz CT molecular complexity index is 587. The van der Waals surface area contributed by atoms with Crippen LogP contribution in [-0.4, -0.2) is 22.1 Å². The van der Waals surface area contributed by atoms with Crippen LogP contribution < -0.4 is 5.32 Å². The van der Waals surface area contributed by atoms with E-state index in [9.17, 15) is 0 Å². The summed E-state index contributed by atoms with van der Waals surface area (Å²) < 4.78 is 2.42. The van der Waals surface area contributed by atoms with E-state index in [4.69, 9.17) is 4.98 Å². The summed E-state index contributed by atoms with van der Waals surface area (Å²) in [5.74, 6) is 2.15. The van der Waals surface area contributed by atoms with Crippen molar-refractivity contribution in [1.82, 2.24) is 14.9 Å². The van der Waals surface area contributed by atoms with Crippen LogP contribution in [0.2, 0.25) is 0 Å². The highest BCUT2D eigenvalue weighted by atomic mass is 15.1. The molecule has 3 rings (SSSR count). The zero-order valence-corrected chi connectivity index (χ0v) is 13.3. The van der Waals surface area contributed by atoms with Crippen LogP contribution in [-0.2, 0) is 13.0 Å². The predicted molar refractivity (Wildman–Crippen MR) is 88.5 cm³/mol. The fourth-order valence-electron chi connectivity index (χ4n) is 3.60. The second kappa shape index (κ2) is 6.61. The monoisotopic (exact) mass is 285 g/mol. The van der Waals surface area contributed by atoms with E-state index in [0.717, 1.165) is 37.4 Å². The molecule has 0 amide bonds. The number of nitrogens with one attached hydrogen (secondary N) is 1. The number of rotatable bonds is 5. The van der Waals surface area contributed by atoms with Gasteiger partial charge in [0, 0.05) is 19.0 Å². The molecule has 0 aliphatic carbocycles. The van der Waals surface area contributed by atoms with Crippen LogP contribution in [0.25, 0.3) is 11.0 Å². The Morgan fingerprint density at radius 2 is 2.14 bits per heavy atom. The van der Waals surface area contributed by atoms with Gasteiger partial charge >= 0.3 is 0 Å². The van der Waals surface area contributed by atoms with Gasteiger partial charge in [0.15, 0.2) is 0 Å². The largest absolute Gasteiger partial charge is 0.328 e. The summed E-state index contributed by atoms with van der Waals surface area (Å²) in [5.41, 5.74) is 2.43. The molecule has 0 saturated carbocycles. The first-order valence-electron chi connectivity index (χ1n) is 8.49. The van der Waals surface area contributed by atoms with Crippen LogP contribution in [0.3, 0.4) is 0 Å². The third-order valence-electron chi connectivity index (χ3n) is 4.79. The molecule has 21 heavy (non-hydrogen) atoms. The van der Waals surface area contributed by atoms with Crippen molar-refractivity contribution in [3.63, 3.8) is 0 Å². The quantitative estimate of drug-likeness (QED) is 0.906. The van der Waals surface area contributed by atoms with Crippen LogP contribution in [0.4, 0.5) is 0 Å². The Balaban J connectivity index is 1.84. The molecule has 2 aromatic rings. The minimum atomic E-state index is 0.594. The van der Waals surface area contributed by atoms with Crippen molar-refractivity contribution in [3.8, 4) is 0 Å². The number of piperidine rings is 1. The third kappa shape index (κ3) is 3.13. The van der Waals surface area contributed by atoms with Crippen molar-refractivity contribution in [2.75, 3.05) is 6.54 Å². The fourth-order valence-corrected chi connectivity index (χ4v) is 3.60. The van der Waals surface area contributed by atoms with E-state index in [1.54, 1.807) is 0 Å². The smallest absolute Gasteiger partial charge is 0.111 e. The van der Waals surface area contributed by atoms with E-state index in [2.05, 4.69) is 48.0 Å². The molecule has 1 N–H and O–H groups in total. The van der Waals surface area contributed by atoms with Gasteiger partial charge in [-0.3, -0.25) is 0 Å². The second-order valence-electron chi connectivity index (χ2n) is 6.32.